The Morgan fingerprint density at radius 3 is 2.27 bits per heavy atom. The first-order chi connectivity index (χ1) is 12.6. The zero-order valence-electron chi connectivity index (χ0n) is 14.7. The molecule has 6 nitrogen and oxygen atoms in total. The minimum absolute atomic E-state index is 0.220. The molecule has 0 aliphatic carbocycles. The van der Waals surface area contributed by atoms with Crippen molar-refractivity contribution in [2.24, 2.45) is 0 Å². The number of anilines is 2. The number of methoxy groups -OCH3 is 1. The van der Waals surface area contributed by atoms with Crippen LogP contribution in [0.25, 0.3) is 0 Å². The molecule has 0 saturated carbocycles. The summed E-state index contributed by atoms with van der Waals surface area (Å²) in [4.78, 5) is 20.6. The van der Waals surface area contributed by atoms with Gasteiger partial charge in [-0.25, -0.2) is 9.97 Å². The first-order valence-electron chi connectivity index (χ1n) is 8.21. The van der Waals surface area contributed by atoms with Crippen LogP contribution < -0.4 is 15.4 Å². The highest BCUT2D eigenvalue weighted by Gasteiger charge is 2.07. The van der Waals surface area contributed by atoms with E-state index in [1.807, 2.05) is 55.5 Å². The Balaban J connectivity index is 1.56. The number of amides is 1. The standard InChI is InChI=1S/C20H20N4O2/c1-14-3-7-17(8-4-14)24-20-22-12-16(13-23-20)19(25)21-11-15-5-9-18(26-2)10-6-15/h3-10,12-13H,11H2,1-2H3,(H,21,25)(H,22,23,24). The third-order valence-electron chi connectivity index (χ3n) is 3.83. The van der Waals surface area contributed by atoms with E-state index in [2.05, 4.69) is 20.6 Å². The van der Waals surface area contributed by atoms with Crippen molar-refractivity contribution in [1.82, 2.24) is 15.3 Å². The average molecular weight is 348 g/mol. The molecule has 2 aromatic carbocycles. The molecule has 0 aliphatic heterocycles. The van der Waals surface area contributed by atoms with Crippen LogP contribution >= 0.6 is 0 Å². The lowest BCUT2D eigenvalue weighted by atomic mass is 10.2. The summed E-state index contributed by atoms with van der Waals surface area (Å²) in [6.07, 6.45) is 3.01. The number of carbonyl (C=O) groups is 1. The minimum Gasteiger partial charge on any atom is -0.497 e. The Morgan fingerprint density at radius 2 is 1.65 bits per heavy atom. The highest BCUT2D eigenvalue weighted by molar-refractivity contribution is 5.93. The average Bonchev–Trinajstić information content (AvgIpc) is 2.69. The summed E-state index contributed by atoms with van der Waals surface area (Å²) in [6, 6.07) is 15.4. The number of nitrogens with zero attached hydrogens (tertiary/aromatic N) is 2. The van der Waals surface area contributed by atoms with Gasteiger partial charge in [0.05, 0.1) is 12.7 Å². The van der Waals surface area contributed by atoms with Crippen molar-refractivity contribution in [2.45, 2.75) is 13.5 Å². The number of hydrogen-bond acceptors (Lipinski definition) is 5. The number of aryl methyl sites for hydroxylation is 1. The maximum absolute atomic E-state index is 12.2. The van der Waals surface area contributed by atoms with Crippen LogP contribution in [-0.4, -0.2) is 23.0 Å². The van der Waals surface area contributed by atoms with Gasteiger partial charge in [-0.15, -0.1) is 0 Å². The molecule has 1 heterocycles. The maximum Gasteiger partial charge on any atom is 0.254 e. The lowest BCUT2D eigenvalue weighted by molar-refractivity contribution is 0.0950. The Hall–Kier alpha value is -3.41. The fourth-order valence-corrected chi connectivity index (χ4v) is 2.30. The fourth-order valence-electron chi connectivity index (χ4n) is 2.30. The van der Waals surface area contributed by atoms with Gasteiger partial charge in [0.15, 0.2) is 0 Å². The van der Waals surface area contributed by atoms with Gasteiger partial charge >= 0.3 is 0 Å². The quantitative estimate of drug-likeness (QED) is 0.713. The molecular formula is C20H20N4O2. The summed E-state index contributed by atoms with van der Waals surface area (Å²) in [5.74, 6) is 1.01. The predicted molar refractivity (Wildman–Crippen MR) is 101 cm³/mol. The highest BCUT2D eigenvalue weighted by atomic mass is 16.5. The molecule has 0 bridgehead atoms. The first kappa shape index (κ1) is 17.4. The number of aromatic nitrogens is 2. The molecule has 1 amide bonds. The molecule has 0 spiro atoms. The number of hydrogen-bond donors (Lipinski definition) is 2. The number of ether oxygens (including phenoxy) is 1. The van der Waals surface area contributed by atoms with Gasteiger partial charge in [0.25, 0.3) is 5.91 Å². The number of benzene rings is 2. The molecule has 0 atom stereocenters. The van der Waals surface area contributed by atoms with E-state index in [9.17, 15) is 4.79 Å². The van der Waals surface area contributed by atoms with Gasteiger partial charge in [0.2, 0.25) is 5.95 Å². The predicted octanol–water partition coefficient (Wildman–Crippen LogP) is 3.47. The Kier molecular flexibility index (Phi) is 5.43. The summed E-state index contributed by atoms with van der Waals surface area (Å²) < 4.78 is 5.11. The van der Waals surface area contributed by atoms with Crippen molar-refractivity contribution in [1.29, 1.82) is 0 Å². The summed E-state index contributed by atoms with van der Waals surface area (Å²) in [5.41, 5.74) is 3.47. The molecule has 26 heavy (non-hydrogen) atoms. The number of carbonyl (C=O) groups excluding carboxylic acids is 1. The molecular weight excluding hydrogens is 328 g/mol. The largest absolute Gasteiger partial charge is 0.497 e. The van der Waals surface area contributed by atoms with E-state index in [-0.39, 0.29) is 5.91 Å². The number of nitrogens with one attached hydrogen (secondary N) is 2. The van der Waals surface area contributed by atoms with Crippen LogP contribution in [0.5, 0.6) is 5.75 Å². The summed E-state index contributed by atoms with van der Waals surface area (Å²) in [5, 5.41) is 5.95. The van der Waals surface area contributed by atoms with E-state index in [0.29, 0.717) is 18.1 Å². The van der Waals surface area contributed by atoms with Crippen LogP contribution in [0.4, 0.5) is 11.6 Å². The van der Waals surface area contributed by atoms with E-state index in [4.69, 9.17) is 4.74 Å². The molecule has 0 unspecified atom stereocenters. The van der Waals surface area contributed by atoms with Crippen molar-refractivity contribution in [3.05, 3.63) is 77.6 Å². The lowest BCUT2D eigenvalue weighted by Gasteiger charge is -2.07. The van der Waals surface area contributed by atoms with E-state index in [0.717, 1.165) is 17.0 Å². The molecule has 0 radical (unpaired) electrons. The van der Waals surface area contributed by atoms with Crippen LogP contribution in [0.3, 0.4) is 0 Å². The third kappa shape index (κ3) is 4.57. The van der Waals surface area contributed by atoms with Crippen LogP contribution in [0.15, 0.2) is 60.9 Å². The second-order valence-electron chi connectivity index (χ2n) is 5.82. The third-order valence-corrected chi connectivity index (χ3v) is 3.83. The fraction of sp³-hybridized carbons (Fsp3) is 0.150. The molecule has 2 N–H and O–H groups in total. The Bertz CT molecular complexity index is 860. The Morgan fingerprint density at radius 1 is 1.00 bits per heavy atom. The SMILES string of the molecule is COc1ccc(CNC(=O)c2cnc(Nc3ccc(C)cc3)nc2)cc1. The zero-order chi connectivity index (χ0) is 18.4. The second kappa shape index (κ2) is 8.11. The summed E-state index contributed by atoms with van der Waals surface area (Å²) in [7, 11) is 1.62. The van der Waals surface area contributed by atoms with Crippen molar-refractivity contribution in [2.75, 3.05) is 12.4 Å². The zero-order valence-corrected chi connectivity index (χ0v) is 14.7. The monoisotopic (exact) mass is 348 g/mol. The molecule has 6 heteroatoms. The lowest BCUT2D eigenvalue weighted by Crippen LogP contribution is -2.23. The van der Waals surface area contributed by atoms with Gasteiger partial charge in [-0.1, -0.05) is 29.8 Å². The van der Waals surface area contributed by atoms with Crippen molar-refractivity contribution in [3.63, 3.8) is 0 Å². The van der Waals surface area contributed by atoms with Gasteiger partial charge in [-0.2, -0.15) is 0 Å². The van der Waals surface area contributed by atoms with Gasteiger partial charge < -0.3 is 15.4 Å². The molecule has 3 aromatic rings. The molecule has 0 saturated heterocycles. The molecule has 132 valence electrons. The van der Waals surface area contributed by atoms with Crippen LogP contribution in [0.2, 0.25) is 0 Å². The van der Waals surface area contributed by atoms with E-state index in [1.54, 1.807) is 7.11 Å². The topological polar surface area (TPSA) is 76.1 Å². The molecule has 1 aromatic heterocycles. The summed E-state index contributed by atoms with van der Waals surface area (Å²) >= 11 is 0. The number of rotatable bonds is 6. The van der Waals surface area contributed by atoms with Crippen LogP contribution in [0, 0.1) is 6.92 Å². The van der Waals surface area contributed by atoms with Crippen molar-refractivity contribution < 1.29 is 9.53 Å². The molecule has 0 fully saturated rings. The smallest absolute Gasteiger partial charge is 0.254 e. The van der Waals surface area contributed by atoms with Gasteiger partial charge in [-0.05, 0) is 36.8 Å². The summed E-state index contributed by atoms with van der Waals surface area (Å²) in [6.45, 7) is 2.45. The van der Waals surface area contributed by atoms with E-state index < -0.39 is 0 Å². The second-order valence-corrected chi connectivity index (χ2v) is 5.82. The van der Waals surface area contributed by atoms with Crippen molar-refractivity contribution in [3.8, 4) is 5.75 Å². The Labute approximate surface area is 152 Å². The maximum atomic E-state index is 12.2. The molecule has 3 rings (SSSR count). The van der Waals surface area contributed by atoms with Gasteiger partial charge in [-0.3, -0.25) is 4.79 Å². The van der Waals surface area contributed by atoms with Crippen LogP contribution in [0.1, 0.15) is 21.5 Å². The minimum atomic E-state index is -0.220. The van der Waals surface area contributed by atoms with E-state index >= 15 is 0 Å². The van der Waals surface area contributed by atoms with Gasteiger partial charge in [0.1, 0.15) is 5.75 Å². The van der Waals surface area contributed by atoms with E-state index in [1.165, 1.54) is 18.0 Å². The highest BCUT2D eigenvalue weighted by Crippen LogP contribution is 2.14. The van der Waals surface area contributed by atoms with Gasteiger partial charge in [0, 0.05) is 24.6 Å². The van der Waals surface area contributed by atoms with Crippen molar-refractivity contribution >= 4 is 17.5 Å². The molecule has 0 aliphatic rings. The van der Waals surface area contributed by atoms with Crippen LogP contribution in [-0.2, 0) is 6.54 Å². The first-order valence-corrected chi connectivity index (χ1v) is 8.21. The normalized spacial score (nSPS) is 10.2.